The van der Waals surface area contributed by atoms with Gasteiger partial charge in [0, 0.05) is 5.92 Å². The van der Waals surface area contributed by atoms with Crippen molar-refractivity contribution in [2.75, 3.05) is 0 Å². The molecule has 0 radical (unpaired) electrons. The second-order valence-corrected chi connectivity index (χ2v) is 3.03. The van der Waals surface area contributed by atoms with Gasteiger partial charge in [-0.05, 0) is 12.8 Å². The van der Waals surface area contributed by atoms with Gasteiger partial charge in [-0.25, -0.2) is 0 Å². The molecule has 1 fully saturated rings. The van der Waals surface area contributed by atoms with Crippen LogP contribution in [0.4, 0.5) is 0 Å². The Labute approximate surface area is 69.6 Å². The van der Waals surface area contributed by atoms with E-state index in [2.05, 4.69) is 0 Å². The van der Waals surface area contributed by atoms with Gasteiger partial charge in [0.15, 0.2) is 5.78 Å². The van der Waals surface area contributed by atoms with Crippen molar-refractivity contribution in [2.45, 2.75) is 25.7 Å². The molecule has 0 aromatic carbocycles. The number of ketones is 2. The van der Waals surface area contributed by atoms with Gasteiger partial charge in [-0.1, -0.05) is 0 Å². The van der Waals surface area contributed by atoms with Gasteiger partial charge in [0.1, 0.15) is 12.2 Å². The smallest absolute Gasteiger partial charge is 0.310 e. The minimum Gasteiger partial charge on any atom is -0.481 e. The summed E-state index contributed by atoms with van der Waals surface area (Å²) < 4.78 is 0. The number of carboxylic acid groups (broad SMARTS) is 1. The zero-order chi connectivity index (χ0) is 9.14. The zero-order valence-electron chi connectivity index (χ0n) is 6.58. The Morgan fingerprint density at radius 2 is 1.75 bits per heavy atom. The zero-order valence-corrected chi connectivity index (χ0v) is 6.58. The van der Waals surface area contributed by atoms with Crippen molar-refractivity contribution >= 4 is 17.5 Å². The minimum absolute atomic E-state index is 0.0442. The summed E-state index contributed by atoms with van der Waals surface area (Å²) in [5, 5.41) is 8.22. The van der Waals surface area contributed by atoms with Crippen LogP contribution in [-0.4, -0.2) is 22.6 Å². The van der Waals surface area contributed by atoms with E-state index in [1.165, 1.54) is 0 Å². The van der Waals surface area contributed by atoms with Gasteiger partial charge in [0.05, 0.1) is 6.42 Å². The molecule has 1 N–H and O–H groups in total. The van der Waals surface area contributed by atoms with Crippen molar-refractivity contribution in [3.63, 3.8) is 0 Å². The van der Waals surface area contributed by atoms with E-state index in [0.717, 1.165) is 12.8 Å². The summed E-state index contributed by atoms with van der Waals surface area (Å²) in [6, 6.07) is 0. The summed E-state index contributed by atoms with van der Waals surface area (Å²) >= 11 is 0. The molecular weight excluding hydrogens is 160 g/mol. The summed E-state index contributed by atoms with van der Waals surface area (Å²) in [4.78, 5) is 31.8. The monoisotopic (exact) mass is 170 g/mol. The Hall–Kier alpha value is -1.19. The molecule has 0 aromatic rings. The molecule has 1 rings (SSSR count). The normalized spacial score (nSPS) is 15.7. The van der Waals surface area contributed by atoms with E-state index >= 15 is 0 Å². The molecule has 66 valence electrons. The van der Waals surface area contributed by atoms with Crippen LogP contribution in [-0.2, 0) is 14.4 Å². The van der Waals surface area contributed by atoms with Crippen LogP contribution in [0.2, 0.25) is 0 Å². The number of aliphatic carboxylic acids is 1. The van der Waals surface area contributed by atoms with Crippen LogP contribution < -0.4 is 0 Å². The molecule has 0 unspecified atom stereocenters. The SMILES string of the molecule is O=C(O)CC(=O)CC(=O)C1CC1. The van der Waals surface area contributed by atoms with Crippen LogP contribution >= 0.6 is 0 Å². The fourth-order valence-electron chi connectivity index (χ4n) is 0.975. The van der Waals surface area contributed by atoms with Crippen LogP contribution in [0.5, 0.6) is 0 Å². The standard InChI is InChI=1S/C8H10O4/c9-6(4-8(11)12)3-7(10)5-1-2-5/h5H,1-4H2,(H,11,12). The van der Waals surface area contributed by atoms with Crippen molar-refractivity contribution in [2.24, 2.45) is 5.92 Å². The first-order chi connectivity index (χ1) is 5.59. The van der Waals surface area contributed by atoms with Gasteiger partial charge in [0.25, 0.3) is 0 Å². The number of rotatable bonds is 5. The highest BCUT2D eigenvalue weighted by atomic mass is 16.4. The number of carbonyl (C=O) groups excluding carboxylic acids is 2. The highest BCUT2D eigenvalue weighted by molar-refractivity contribution is 6.06. The van der Waals surface area contributed by atoms with Gasteiger partial charge in [-0.15, -0.1) is 0 Å². The highest BCUT2D eigenvalue weighted by Gasteiger charge is 2.30. The first kappa shape index (κ1) is 8.90. The first-order valence-corrected chi connectivity index (χ1v) is 3.86. The average Bonchev–Trinajstić information content (AvgIpc) is 2.63. The molecule has 0 atom stereocenters. The Morgan fingerprint density at radius 1 is 1.17 bits per heavy atom. The lowest BCUT2D eigenvalue weighted by atomic mass is 10.1. The third kappa shape index (κ3) is 2.82. The van der Waals surface area contributed by atoms with Gasteiger partial charge >= 0.3 is 5.97 Å². The lowest BCUT2D eigenvalue weighted by Crippen LogP contribution is -2.12. The molecular formula is C8H10O4. The van der Waals surface area contributed by atoms with E-state index in [1.807, 2.05) is 0 Å². The van der Waals surface area contributed by atoms with Crippen LogP contribution in [0.3, 0.4) is 0 Å². The van der Waals surface area contributed by atoms with Gasteiger partial charge < -0.3 is 5.11 Å². The first-order valence-electron chi connectivity index (χ1n) is 3.86. The molecule has 4 nitrogen and oxygen atoms in total. The number of Topliss-reactive ketones (excluding diaryl/α,β-unsaturated/α-hetero) is 2. The number of hydrogen-bond donors (Lipinski definition) is 1. The van der Waals surface area contributed by atoms with E-state index in [-0.39, 0.29) is 18.1 Å². The van der Waals surface area contributed by atoms with Gasteiger partial charge in [-0.2, -0.15) is 0 Å². The summed E-state index contributed by atoms with van der Waals surface area (Å²) in [6.07, 6.45) is 0.994. The fraction of sp³-hybridized carbons (Fsp3) is 0.625. The van der Waals surface area contributed by atoms with Crippen LogP contribution in [0, 0.1) is 5.92 Å². The average molecular weight is 170 g/mol. The molecule has 12 heavy (non-hydrogen) atoms. The maximum absolute atomic E-state index is 11.0. The third-order valence-electron chi connectivity index (χ3n) is 1.75. The molecule has 0 bridgehead atoms. The predicted molar refractivity (Wildman–Crippen MR) is 39.6 cm³/mol. The minimum atomic E-state index is -1.16. The summed E-state index contributed by atoms with van der Waals surface area (Å²) in [7, 11) is 0. The molecule has 0 amide bonds. The van der Waals surface area contributed by atoms with Crippen molar-refractivity contribution in [1.82, 2.24) is 0 Å². The lowest BCUT2D eigenvalue weighted by molar-refractivity contribution is -0.140. The number of hydrogen-bond acceptors (Lipinski definition) is 3. The maximum atomic E-state index is 11.0. The number of carboxylic acids is 1. The quantitative estimate of drug-likeness (QED) is 0.606. The van der Waals surface area contributed by atoms with Crippen LogP contribution in [0.1, 0.15) is 25.7 Å². The molecule has 4 heteroatoms. The van der Waals surface area contributed by atoms with E-state index in [1.54, 1.807) is 0 Å². The van der Waals surface area contributed by atoms with E-state index in [4.69, 9.17) is 5.11 Å². The molecule has 1 saturated carbocycles. The predicted octanol–water partition coefficient (Wildman–Crippen LogP) is 0.399. The van der Waals surface area contributed by atoms with Crippen molar-refractivity contribution < 1.29 is 19.5 Å². The number of carbonyl (C=O) groups is 3. The third-order valence-corrected chi connectivity index (χ3v) is 1.75. The molecule has 0 spiro atoms. The van der Waals surface area contributed by atoms with E-state index in [0.29, 0.717) is 0 Å². The topological polar surface area (TPSA) is 71.4 Å². The van der Waals surface area contributed by atoms with E-state index in [9.17, 15) is 14.4 Å². The highest BCUT2D eigenvalue weighted by Crippen LogP contribution is 2.30. The van der Waals surface area contributed by atoms with Crippen LogP contribution in [0.25, 0.3) is 0 Å². The lowest BCUT2D eigenvalue weighted by Gasteiger charge is -1.94. The Kier molecular flexibility index (Phi) is 2.58. The van der Waals surface area contributed by atoms with Crippen LogP contribution in [0.15, 0.2) is 0 Å². The second kappa shape index (κ2) is 3.47. The summed E-state index contributed by atoms with van der Waals surface area (Å²) in [5.74, 6) is -1.70. The molecule has 0 heterocycles. The molecule has 1 aliphatic rings. The van der Waals surface area contributed by atoms with E-state index < -0.39 is 18.2 Å². The van der Waals surface area contributed by atoms with Gasteiger partial charge in [-0.3, -0.25) is 14.4 Å². The Bertz CT molecular complexity index is 227. The maximum Gasteiger partial charge on any atom is 0.310 e. The van der Waals surface area contributed by atoms with Gasteiger partial charge in [0.2, 0.25) is 0 Å². The molecule has 0 aliphatic heterocycles. The summed E-state index contributed by atoms with van der Waals surface area (Å²) in [6.45, 7) is 0. The molecule has 0 saturated heterocycles. The van der Waals surface area contributed by atoms with Crippen molar-refractivity contribution in [1.29, 1.82) is 0 Å². The van der Waals surface area contributed by atoms with Crippen molar-refractivity contribution in [3.8, 4) is 0 Å². The Morgan fingerprint density at radius 3 is 2.17 bits per heavy atom. The fourth-order valence-corrected chi connectivity index (χ4v) is 0.975. The largest absolute Gasteiger partial charge is 0.481 e. The second-order valence-electron chi connectivity index (χ2n) is 3.03. The van der Waals surface area contributed by atoms with Crippen molar-refractivity contribution in [3.05, 3.63) is 0 Å². The summed E-state index contributed by atoms with van der Waals surface area (Å²) in [5.41, 5.74) is 0. The molecule has 1 aliphatic carbocycles. The Balaban J connectivity index is 2.25. The molecule has 0 aromatic heterocycles.